The molecule has 3 aliphatic rings. The number of carbonyl (C=O) groups excluding carboxylic acids is 3. The highest BCUT2D eigenvalue weighted by molar-refractivity contribution is 6.07. The van der Waals surface area contributed by atoms with Crippen LogP contribution >= 0.6 is 0 Å². The molecule has 6 atom stereocenters. The van der Waals surface area contributed by atoms with Crippen LogP contribution in [0.4, 0.5) is 11.4 Å². The lowest BCUT2D eigenvalue weighted by Crippen LogP contribution is -2.57. The first-order chi connectivity index (χ1) is 23.6. The van der Waals surface area contributed by atoms with Crippen molar-refractivity contribution in [1.82, 2.24) is 4.90 Å². The maximum absolute atomic E-state index is 15.1. The first kappa shape index (κ1) is 34.4. The lowest BCUT2D eigenvalue weighted by Gasteiger charge is -2.39. The summed E-state index contributed by atoms with van der Waals surface area (Å²) in [6, 6.07) is 20.2. The number of nitrogens with zero attached hydrogens (tertiary/aromatic N) is 3. The molecule has 49 heavy (non-hydrogen) atoms. The number of rotatable bonds is 14. The molecule has 3 unspecified atom stereocenters. The zero-order valence-corrected chi connectivity index (χ0v) is 28.7. The Morgan fingerprint density at radius 3 is 2.29 bits per heavy atom. The maximum Gasteiger partial charge on any atom is 0.253 e. The van der Waals surface area contributed by atoms with Crippen LogP contribution < -0.4 is 14.5 Å². The summed E-state index contributed by atoms with van der Waals surface area (Å²) >= 11 is 0. The minimum atomic E-state index is -1.21. The minimum Gasteiger partial charge on any atom is -0.494 e. The van der Waals surface area contributed by atoms with Crippen LogP contribution in [-0.2, 0) is 19.1 Å². The van der Waals surface area contributed by atoms with Crippen molar-refractivity contribution >= 4 is 39.9 Å². The predicted molar refractivity (Wildman–Crippen MR) is 191 cm³/mol. The van der Waals surface area contributed by atoms with Gasteiger partial charge in [-0.3, -0.25) is 14.4 Å². The van der Waals surface area contributed by atoms with Crippen LogP contribution in [0.5, 0.6) is 5.75 Å². The van der Waals surface area contributed by atoms with E-state index in [4.69, 9.17) is 9.47 Å². The molecular weight excluding hydrogens is 618 g/mol. The zero-order valence-electron chi connectivity index (χ0n) is 28.7. The van der Waals surface area contributed by atoms with Gasteiger partial charge in [-0.25, -0.2) is 0 Å². The Hall–Kier alpha value is -4.47. The average Bonchev–Trinajstić information content (AvgIpc) is 3.62. The molecule has 258 valence electrons. The number of amides is 3. The van der Waals surface area contributed by atoms with E-state index in [1.807, 2.05) is 87.5 Å². The van der Waals surface area contributed by atoms with Gasteiger partial charge in [0.05, 0.1) is 24.0 Å². The van der Waals surface area contributed by atoms with E-state index < -0.39 is 29.1 Å². The normalized spacial score (nSPS) is 26.9. The van der Waals surface area contributed by atoms with E-state index >= 15 is 4.79 Å². The molecule has 3 saturated heterocycles. The molecule has 0 aliphatic carbocycles. The van der Waals surface area contributed by atoms with Gasteiger partial charge >= 0.3 is 0 Å². The summed E-state index contributed by atoms with van der Waals surface area (Å²) in [5, 5.41) is 11.6. The summed E-state index contributed by atoms with van der Waals surface area (Å²) in [5.41, 5.74) is -0.841. The molecule has 9 heteroatoms. The van der Waals surface area contributed by atoms with Gasteiger partial charge in [-0.05, 0) is 86.2 Å². The maximum atomic E-state index is 15.1. The summed E-state index contributed by atoms with van der Waals surface area (Å²) in [6.45, 7) is 15.0. The quantitative estimate of drug-likeness (QED) is 0.174. The van der Waals surface area contributed by atoms with Crippen LogP contribution in [0, 0.1) is 17.8 Å². The fourth-order valence-corrected chi connectivity index (χ4v) is 8.48. The topological polar surface area (TPSA) is 99.6 Å². The molecule has 3 heterocycles. The van der Waals surface area contributed by atoms with Crippen LogP contribution in [0.3, 0.4) is 0 Å². The molecule has 2 bridgehead atoms. The van der Waals surface area contributed by atoms with Gasteiger partial charge in [0.15, 0.2) is 0 Å². The van der Waals surface area contributed by atoms with Gasteiger partial charge in [0.25, 0.3) is 5.91 Å². The molecule has 0 saturated carbocycles. The number of aliphatic hydroxyl groups excluding tert-OH is 1. The largest absolute Gasteiger partial charge is 0.494 e. The van der Waals surface area contributed by atoms with Crippen molar-refractivity contribution in [2.24, 2.45) is 17.8 Å². The third-order valence-electron chi connectivity index (χ3n) is 10.8. The number of hydrogen-bond acceptors (Lipinski definition) is 6. The second-order valence-electron chi connectivity index (χ2n) is 13.6. The van der Waals surface area contributed by atoms with Gasteiger partial charge < -0.3 is 29.3 Å². The van der Waals surface area contributed by atoms with E-state index in [1.54, 1.807) is 26.9 Å². The van der Waals surface area contributed by atoms with Crippen molar-refractivity contribution in [2.45, 2.75) is 57.3 Å². The number of anilines is 2. The highest BCUT2D eigenvalue weighted by Crippen LogP contribution is 2.65. The monoisotopic (exact) mass is 665 g/mol. The summed E-state index contributed by atoms with van der Waals surface area (Å²) in [7, 11) is 0. The highest BCUT2D eigenvalue weighted by atomic mass is 16.5. The number of carbonyl (C=O) groups is 3. The van der Waals surface area contributed by atoms with Crippen molar-refractivity contribution in [2.75, 3.05) is 42.6 Å². The van der Waals surface area contributed by atoms with Crippen LogP contribution in [0.1, 0.15) is 40.0 Å². The summed E-state index contributed by atoms with van der Waals surface area (Å²) in [4.78, 5) is 49.6. The second kappa shape index (κ2) is 13.8. The Balaban J connectivity index is 1.43. The average molecular weight is 666 g/mol. The van der Waals surface area contributed by atoms with Crippen molar-refractivity contribution in [1.29, 1.82) is 0 Å². The molecule has 0 aromatic heterocycles. The standard InChI is InChI=1S/C40H47N3O6/c1-6-21-41(30-17-19-32(20-18-30)48-8-3)36(45)33-34-37(46)43(23-11-12-24-44)35(40(34)26-27(4)39(33,5)49-40)38(47)42(22-7-2)31-16-15-28-13-9-10-14-29(28)25-31/h6-7,9-10,13-20,25,27,33-35,44H,1-2,8,11-12,21-24,26H2,3-5H3/t27?,33-,34+,35?,39+,40?/m1/s1. The Morgan fingerprint density at radius 1 is 0.980 bits per heavy atom. The number of benzene rings is 3. The SMILES string of the molecule is C=CCN(C(=O)C1N(CCCCO)C(=O)[C@@H]2[C@H](C(=O)N(CC=C)c3ccc(OCC)cc3)[C@@]3(C)OC12CC3C)c1ccc2ccccc2c1. The first-order valence-electron chi connectivity index (χ1n) is 17.3. The van der Waals surface area contributed by atoms with Crippen molar-refractivity contribution in [3.63, 3.8) is 0 Å². The molecule has 1 spiro atoms. The van der Waals surface area contributed by atoms with E-state index in [9.17, 15) is 14.7 Å². The number of hydrogen-bond donors (Lipinski definition) is 1. The van der Waals surface area contributed by atoms with Crippen LogP contribution in [0.25, 0.3) is 10.8 Å². The van der Waals surface area contributed by atoms with Crippen molar-refractivity contribution < 1.29 is 29.0 Å². The Morgan fingerprint density at radius 2 is 1.63 bits per heavy atom. The number of aliphatic hydroxyl groups is 1. The van der Waals surface area contributed by atoms with E-state index in [2.05, 4.69) is 13.2 Å². The van der Waals surface area contributed by atoms with E-state index in [0.29, 0.717) is 43.0 Å². The molecule has 3 aliphatic heterocycles. The minimum absolute atomic E-state index is 0.0276. The smallest absolute Gasteiger partial charge is 0.253 e. The highest BCUT2D eigenvalue weighted by Gasteiger charge is 2.80. The lowest BCUT2D eigenvalue weighted by molar-refractivity contribution is -0.145. The zero-order chi connectivity index (χ0) is 34.9. The Bertz CT molecular complexity index is 1740. The van der Waals surface area contributed by atoms with Crippen LogP contribution in [0.2, 0.25) is 0 Å². The molecule has 6 rings (SSSR count). The fraction of sp³-hybridized carbons (Fsp3) is 0.425. The fourth-order valence-electron chi connectivity index (χ4n) is 8.48. The van der Waals surface area contributed by atoms with E-state index in [-0.39, 0.29) is 49.9 Å². The summed E-state index contributed by atoms with van der Waals surface area (Å²) in [6.07, 6.45) is 4.80. The first-order valence-corrected chi connectivity index (χ1v) is 17.3. The van der Waals surface area contributed by atoms with Crippen molar-refractivity contribution in [3.05, 3.63) is 92.0 Å². The molecule has 3 fully saturated rings. The Kier molecular flexibility index (Phi) is 9.69. The molecule has 1 N–H and O–H groups in total. The number of unbranched alkanes of at least 4 members (excludes halogenated alkanes) is 1. The molecule has 3 amide bonds. The third kappa shape index (κ3) is 5.72. The lowest BCUT2D eigenvalue weighted by atomic mass is 9.62. The van der Waals surface area contributed by atoms with Crippen LogP contribution in [0.15, 0.2) is 92.0 Å². The third-order valence-corrected chi connectivity index (χ3v) is 10.8. The Labute approximate surface area is 288 Å². The van der Waals surface area contributed by atoms with Gasteiger partial charge in [-0.2, -0.15) is 0 Å². The number of fused-ring (bicyclic) bond motifs is 2. The second-order valence-corrected chi connectivity index (χ2v) is 13.6. The van der Waals surface area contributed by atoms with Gasteiger partial charge in [-0.1, -0.05) is 49.4 Å². The van der Waals surface area contributed by atoms with Gasteiger partial charge in [0.2, 0.25) is 11.8 Å². The van der Waals surface area contributed by atoms with E-state index in [0.717, 1.165) is 10.8 Å². The predicted octanol–water partition coefficient (Wildman–Crippen LogP) is 5.76. The number of likely N-dealkylation sites (tertiary alicyclic amines) is 1. The van der Waals surface area contributed by atoms with Gasteiger partial charge in [0, 0.05) is 37.6 Å². The summed E-state index contributed by atoms with van der Waals surface area (Å²) in [5.74, 6) is -1.87. The molecular formula is C40H47N3O6. The van der Waals surface area contributed by atoms with Gasteiger partial charge in [0.1, 0.15) is 17.4 Å². The molecule has 9 nitrogen and oxygen atoms in total. The number of ether oxygens (including phenoxy) is 2. The van der Waals surface area contributed by atoms with Crippen molar-refractivity contribution in [3.8, 4) is 5.75 Å². The summed E-state index contributed by atoms with van der Waals surface area (Å²) < 4.78 is 12.7. The van der Waals surface area contributed by atoms with Crippen LogP contribution in [-0.4, -0.2) is 77.8 Å². The molecule has 3 aromatic rings. The molecule has 3 aromatic carbocycles. The van der Waals surface area contributed by atoms with Gasteiger partial charge in [-0.15, -0.1) is 13.2 Å². The van der Waals surface area contributed by atoms with E-state index in [1.165, 1.54) is 0 Å². The molecule has 0 radical (unpaired) electrons.